The van der Waals surface area contributed by atoms with Crippen LogP contribution in [0, 0.1) is 5.92 Å². The summed E-state index contributed by atoms with van der Waals surface area (Å²) in [5.41, 5.74) is 0. The second-order valence-corrected chi connectivity index (χ2v) is 3.89. The molecule has 1 amide bonds. The molecular formula is C11H23NO2. The Morgan fingerprint density at radius 3 is 2.07 bits per heavy atom. The first-order valence-electron chi connectivity index (χ1n) is 5.49. The van der Waals surface area contributed by atoms with Crippen molar-refractivity contribution in [1.29, 1.82) is 0 Å². The Bertz CT molecular complexity index is 178. The third kappa shape index (κ3) is 2.89. The van der Waals surface area contributed by atoms with Gasteiger partial charge < -0.3 is 4.74 Å². The molecule has 0 aromatic heterocycles. The lowest BCUT2D eigenvalue weighted by Crippen LogP contribution is -2.41. The minimum atomic E-state index is -0.163. The Morgan fingerprint density at radius 1 is 1.29 bits per heavy atom. The van der Waals surface area contributed by atoms with Crippen molar-refractivity contribution in [2.45, 2.75) is 53.6 Å². The van der Waals surface area contributed by atoms with E-state index in [0.717, 1.165) is 0 Å². The average molecular weight is 201 g/mol. The Kier molecular flexibility index (Phi) is 5.58. The molecule has 3 nitrogen and oxygen atoms in total. The Hall–Kier alpha value is -0.730. The lowest BCUT2D eigenvalue weighted by molar-refractivity contribution is 0.146. The molecule has 14 heavy (non-hydrogen) atoms. The molecule has 3 heteroatoms. The molecule has 1 atom stereocenters. The van der Waals surface area contributed by atoms with Crippen molar-refractivity contribution < 1.29 is 9.53 Å². The van der Waals surface area contributed by atoms with Gasteiger partial charge in [0, 0.05) is 6.04 Å². The molecule has 1 fully saturated rings. The predicted molar refractivity (Wildman–Crippen MR) is 58.3 cm³/mol. The predicted octanol–water partition coefficient (Wildman–Crippen LogP) is 2.90. The molecule has 0 aliphatic carbocycles. The summed E-state index contributed by atoms with van der Waals surface area (Å²) in [6.45, 7) is 12.8. The summed E-state index contributed by atoms with van der Waals surface area (Å²) in [5, 5.41) is 0. The van der Waals surface area contributed by atoms with E-state index in [9.17, 15) is 4.79 Å². The van der Waals surface area contributed by atoms with Crippen LogP contribution in [0.25, 0.3) is 0 Å². The van der Waals surface area contributed by atoms with Crippen LogP contribution in [0.15, 0.2) is 0 Å². The van der Waals surface area contributed by atoms with Crippen LogP contribution in [0.2, 0.25) is 0 Å². The van der Waals surface area contributed by atoms with Crippen LogP contribution >= 0.6 is 0 Å². The first-order chi connectivity index (χ1) is 6.54. The topological polar surface area (TPSA) is 29.5 Å². The standard InChI is InChI=1S/C9H17NO2.C2H6/c1-6(2)8-5-12-9(11)10(8)7(3)4;1-2/h6-8H,5H2,1-4H3;1-2H3. The van der Waals surface area contributed by atoms with Gasteiger partial charge in [0.25, 0.3) is 0 Å². The molecule has 1 aliphatic heterocycles. The van der Waals surface area contributed by atoms with Gasteiger partial charge >= 0.3 is 6.09 Å². The SMILES string of the molecule is CC.CC(C)C1COC(=O)N1C(C)C. The molecule has 0 N–H and O–H groups in total. The van der Waals surface area contributed by atoms with E-state index in [1.807, 2.05) is 32.6 Å². The highest BCUT2D eigenvalue weighted by Gasteiger charge is 2.36. The van der Waals surface area contributed by atoms with Gasteiger partial charge in [-0.05, 0) is 19.8 Å². The number of carbonyl (C=O) groups is 1. The largest absolute Gasteiger partial charge is 0.447 e. The highest BCUT2D eigenvalue weighted by atomic mass is 16.6. The van der Waals surface area contributed by atoms with E-state index in [2.05, 4.69) is 13.8 Å². The fourth-order valence-corrected chi connectivity index (χ4v) is 1.55. The van der Waals surface area contributed by atoms with Gasteiger partial charge in [-0.1, -0.05) is 27.7 Å². The van der Waals surface area contributed by atoms with Crippen LogP contribution in [-0.4, -0.2) is 29.7 Å². The molecule has 1 saturated heterocycles. The van der Waals surface area contributed by atoms with E-state index in [1.54, 1.807) is 0 Å². The summed E-state index contributed by atoms with van der Waals surface area (Å²) in [4.78, 5) is 13.1. The van der Waals surface area contributed by atoms with Crippen molar-refractivity contribution in [3.63, 3.8) is 0 Å². The van der Waals surface area contributed by atoms with Gasteiger partial charge in [0.1, 0.15) is 6.61 Å². The van der Waals surface area contributed by atoms with Crippen molar-refractivity contribution in [2.24, 2.45) is 5.92 Å². The molecule has 0 aromatic rings. The molecule has 0 aromatic carbocycles. The maximum Gasteiger partial charge on any atom is 0.410 e. The van der Waals surface area contributed by atoms with Crippen molar-refractivity contribution in [3.05, 3.63) is 0 Å². The third-order valence-electron chi connectivity index (χ3n) is 2.27. The molecule has 1 heterocycles. The summed E-state index contributed by atoms with van der Waals surface area (Å²) < 4.78 is 4.99. The zero-order valence-corrected chi connectivity index (χ0v) is 10.2. The van der Waals surface area contributed by atoms with E-state index in [-0.39, 0.29) is 18.2 Å². The maximum absolute atomic E-state index is 11.2. The fraction of sp³-hybridized carbons (Fsp3) is 0.909. The smallest absolute Gasteiger partial charge is 0.410 e. The Labute approximate surface area is 87.4 Å². The minimum absolute atomic E-state index is 0.163. The van der Waals surface area contributed by atoms with Crippen molar-refractivity contribution in [1.82, 2.24) is 4.90 Å². The summed E-state index contributed by atoms with van der Waals surface area (Å²) >= 11 is 0. The first-order valence-corrected chi connectivity index (χ1v) is 5.49. The number of cyclic esters (lactones) is 1. The number of hydrogen-bond donors (Lipinski definition) is 0. The van der Waals surface area contributed by atoms with E-state index in [1.165, 1.54) is 0 Å². The number of ether oxygens (including phenoxy) is 1. The van der Waals surface area contributed by atoms with E-state index < -0.39 is 0 Å². The molecule has 0 radical (unpaired) electrons. The van der Waals surface area contributed by atoms with Crippen LogP contribution in [0.3, 0.4) is 0 Å². The van der Waals surface area contributed by atoms with E-state index >= 15 is 0 Å². The van der Waals surface area contributed by atoms with Crippen LogP contribution in [-0.2, 0) is 4.74 Å². The van der Waals surface area contributed by atoms with Crippen LogP contribution < -0.4 is 0 Å². The molecule has 0 bridgehead atoms. The first kappa shape index (κ1) is 13.3. The van der Waals surface area contributed by atoms with Gasteiger partial charge in [0.2, 0.25) is 0 Å². The third-order valence-corrected chi connectivity index (χ3v) is 2.27. The number of hydrogen-bond acceptors (Lipinski definition) is 2. The van der Waals surface area contributed by atoms with E-state index in [0.29, 0.717) is 12.5 Å². The van der Waals surface area contributed by atoms with Gasteiger partial charge in [-0.25, -0.2) is 4.79 Å². The van der Waals surface area contributed by atoms with Gasteiger partial charge in [-0.3, -0.25) is 4.90 Å². The van der Waals surface area contributed by atoms with Crippen LogP contribution in [0.4, 0.5) is 4.79 Å². The lowest BCUT2D eigenvalue weighted by atomic mass is 10.0. The lowest BCUT2D eigenvalue weighted by Gasteiger charge is -2.27. The average Bonchev–Trinajstić information content (AvgIpc) is 2.50. The van der Waals surface area contributed by atoms with Crippen LogP contribution in [0.1, 0.15) is 41.5 Å². The summed E-state index contributed by atoms with van der Waals surface area (Å²) in [6.07, 6.45) is -0.163. The quantitative estimate of drug-likeness (QED) is 0.687. The zero-order chi connectivity index (χ0) is 11.3. The number of nitrogens with zero attached hydrogens (tertiary/aromatic N) is 1. The summed E-state index contributed by atoms with van der Waals surface area (Å²) in [5.74, 6) is 0.471. The molecular weight excluding hydrogens is 178 g/mol. The van der Waals surface area contributed by atoms with Gasteiger partial charge in [-0.2, -0.15) is 0 Å². The highest BCUT2D eigenvalue weighted by Crippen LogP contribution is 2.21. The number of carbonyl (C=O) groups excluding carboxylic acids is 1. The Morgan fingerprint density at radius 2 is 1.79 bits per heavy atom. The molecule has 84 valence electrons. The highest BCUT2D eigenvalue weighted by molar-refractivity contribution is 5.70. The molecule has 1 rings (SSSR count). The molecule has 1 unspecified atom stereocenters. The van der Waals surface area contributed by atoms with Gasteiger partial charge in [0.05, 0.1) is 6.04 Å². The van der Waals surface area contributed by atoms with Gasteiger partial charge in [-0.15, -0.1) is 0 Å². The van der Waals surface area contributed by atoms with E-state index in [4.69, 9.17) is 4.74 Å². The van der Waals surface area contributed by atoms with Crippen molar-refractivity contribution in [2.75, 3.05) is 6.61 Å². The number of rotatable bonds is 2. The summed E-state index contributed by atoms with van der Waals surface area (Å²) in [6, 6.07) is 0.505. The van der Waals surface area contributed by atoms with Crippen LogP contribution in [0.5, 0.6) is 0 Å². The number of amides is 1. The van der Waals surface area contributed by atoms with Crippen molar-refractivity contribution >= 4 is 6.09 Å². The molecule has 0 spiro atoms. The summed E-state index contributed by atoms with van der Waals surface area (Å²) in [7, 11) is 0. The zero-order valence-electron chi connectivity index (χ0n) is 10.2. The van der Waals surface area contributed by atoms with Crippen molar-refractivity contribution in [3.8, 4) is 0 Å². The second-order valence-electron chi connectivity index (χ2n) is 3.89. The fourth-order valence-electron chi connectivity index (χ4n) is 1.55. The molecule has 0 saturated carbocycles. The normalized spacial score (nSPS) is 21.0. The van der Waals surface area contributed by atoms with Gasteiger partial charge in [0.15, 0.2) is 0 Å². The molecule has 1 aliphatic rings. The second kappa shape index (κ2) is 5.89. The Balaban J connectivity index is 0.000000791. The minimum Gasteiger partial charge on any atom is -0.447 e. The monoisotopic (exact) mass is 201 g/mol. The maximum atomic E-state index is 11.2.